The van der Waals surface area contributed by atoms with Crippen LogP contribution in [-0.4, -0.2) is 10.2 Å². The summed E-state index contributed by atoms with van der Waals surface area (Å²) in [5.41, 5.74) is 4.15. The summed E-state index contributed by atoms with van der Waals surface area (Å²) >= 11 is 0. The van der Waals surface area contributed by atoms with E-state index in [0.29, 0.717) is 0 Å². The largest absolute Gasteiger partial charge is 0.508 e. The Bertz CT molecular complexity index is 757. The molecular weight excluding hydrogens is 328 g/mol. The van der Waals surface area contributed by atoms with Gasteiger partial charge in [-0.25, -0.2) is 0 Å². The van der Waals surface area contributed by atoms with Crippen LogP contribution in [0, 0.1) is 0 Å². The number of phenols is 2. The van der Waals surface area contributed by atoms with Crippen LogP contribution < -0.4 is 0 Å². The van der Waals surface area contributed by atoms with Crippen molar-refractivity contribution in [2.24, 2.45) is 0 Å². The molecule has 0 saturated heterocycles. The second kappa shape index (κ2) is 5.64. The van der Waals surface area contributed by atoms with E-state index in [-0.39, 0.29) is 21.7 Å². The number of halogens is 1. The van der Waals surface area contributed by atoms with Gasteiger partial charge < -0.3 is 10.2 Å². The van der Waals surface area contributed by atoms with E-state index in [4.69, 9.17) is 10.7 Å². The fourth-order valence-corrected chi connectivity index (χ4v) is 4.38. The van der Waals surface area contributed by atoms with Crippen LogP contribution in [0.15, 0.2) is 36.4 Å². The molecule has 0 heterocycles. The molecule has 0 aliphatic heterocycles. The fourth-order valence-electron chi connectivity index (χ4n) is 3.46. The molecule has 2 aromatic rings. The maximum absolute atomic E-state index is 10.0. The molecular formula is C19H21ClO2S. The molecule has 122 valence electrons. The highest BCUT2D eigenvalue weighted by Gasteiger charge is 2.37. The molecule has 3 rings (SSSR count). The van der Waals surface area contributed by atoms with Crippen LogP contribution in [0.1, 0.15) is 44.7 Å². The monoisotopic (exact) mass is 348 g/mol. The van der Waals surface area contributed by atoms with Gasteiger partial charge in [-0.3, -0.25) is 0 Å². The highest BCUT2D eigenvalue weighted by molar-refractivity contribution is 8.21. The summed E-state index contributed by atoms with van der Waals surface area (Å²) in [4.78, 5) is 0. The molecule has 1 unspecified atom stereocenters. The third-order valence-corrected chi connectivity index (χ3v) is 6.78. The van der Waals surface area contributed by atoms with Gasteiger partial charge >= 0.3 is 0 Å². The quantitative estimate of drug-likeness (QED) is 0.670. The Kier molecular flexibility index (Phi) is 4.06. The number of phenolic OH excluding ortho intramolecular Hbond substituents is 2. The van der Waals surface area contributed by atoms with Gasteiger partial charge in [-0.05, 0) is 93.4 Å². The van der Waals surface area contributed by atoms with Crippen molar-refractivity contribution < 1.29 is 10.2 Å². The maximum atomic E-state index is 10.0. The summed E-state index contributed by atoms with van der Waals surface area (Å²) < 4.78 is -0.245. The second-order valence-electron chi connectivity index (χ2n) is 7.15. The zero-order chi connectivity index (χ0) is 16.8. The SMILES string of the molecule is CC1(C)CCC(C)(SCl)c2ccc(O)cc2-c2cc(O)ccc21. The van der Waals surface area contributed by atoms with Crippen LogP contribution in [0.2, 0.25) is 0 Å². The van der Waals surface area contributed by atoms with Gasteiger partial charge in [0.05, 0.1) is 4.75 Å². The predicted molar refractivity (Wildman–Crippen MR) is 98.3 cm³/mol. The van der Waals surface area contributed by atoms with E-state index in [2.05, 4.69) is 20.8 Å². The lowest BCUT2D eigenvalue weighted by Gasteiger charge is -2.38. The van der Waals surface area contributed by atoms with Crippen LogP contribution in [0.4, 0.5) is 0 Å². The minimum Gasteiger partial charge on any atom is -0.508 e. The van der Waals surface area contributed by atoms with Crippen LogP contribution in [0.3, 0.4) is 0 Å². The summed E-state index contributed by atoms with van der Waals surface area (Å²) in [5.74, 6) is 0.452. The number of aromatic hydroxyl groups is 2. The summed E-state index contributed by atoms with van der Waals surface area (Å²) in [7, 11) is 7.60. The van der Waals surface area contributed by atoms with Gasteiger partial charge in [0, 0.05) is 0 Å². The summed E-state index contributed by atoms with van der Waals surface area (Å²) in [6.07, 6.45) is 1.92. The number of hydrogen-bond acceptors (Lipinski definition) is 3. The summed E-state index contributed by atoms with van der Waals surface area (Å²) in [6.45, 7) is 6.58. The molecule has 0 aromatic heterocycles. The lowest BCUT2D eigenvalue weighted by Crippen LogP contribution is -2.27. The smallest absolute Gasteiger partial charge is 0.116 e. The van der Waals surface area contributed by atoms with Crippen molar-refractivity contribution in [3.05, 3.63) is 47.5 Å². The molecule has 0 spiro atoms. The highest BCUT2D eigenvalue weighted by atomic mass is 35.7. The zero-order valence-corrected chi connectivity index (χ0v) is 15.1. The van der Waals surface area contributed by atoms with Crippen molar-refractivity contribution in [1.29, 1.82) is 0 Å². The lowest BCUT2D eigenvalue weighted by molar-refractivity contribution is 0.420. The molecule has 0 bridgehead atoms. The molecule has 2 nitrogen and oxygen atoms in total. The van der Waals surface area contributed by atoms with Crippen molar-refractivity contribution in [3.63, 3.8) is 0 Å². The summed E-state index contributed by atoms with van der Waals surface area (Å²) in [5, 5.41) is 20.0. The van der Waals surface area contributed by atoms with E-state index in [1.54, 1.807) is 24.3 Å². The van der Waals surface area contributed by atoms with E-state index < -0.39 is 0 Å². The normalized spacial score (nSPS) is 22.6. The molecule has 2 N–H and O–H groups in total. The molecule has 1 aliphatic rings. The Labute approximate surface area is 146 Å². The standard InChI is InChI=1S/C19H21ClO2S/c1-18(2)8-9-19(3,23-20)17-7-5-13(22)11-15(17)14-10-12(21)4-6-16(14)18/h4-7,10-11,21-22H,8-9H2,1-3H3. The Balaban J connectivity index is 2.39. The van der Waals surface area contributed by atoms with E-state index in [1.165, 1.54) is 16.5 Å². The molecule has 1 atom stereocenters. The van der Waals surface area contributed by atoms with Gasteiger partial charge in [0.1, 0.15) is 11.5 Å². The van der Waals surface area contributed by atoms with Gasteiger partial charge in [-0.2, -0.15) is 0 Å². The van der Waals surface area contributed by atoms with Gasteiger partial charge in [0.2, 0.25) is 0 Å². The Hall–Kier alpha value is -1.32. The number of rotatable bonds is 1. The molecule has 0 amide bonds. The van der Waals surface area contributed by atoms with Crippen LogP contribution in [0.5, 0.6) is 11.5 Å². The van der Waals surface area contributed by atoms with Crippen LogP contribution in [0.25, 0.3) is 11.1 Å². The topological polar surface area (TPSA) is 40.5 Å². The molecule has 1 aliphatic carbocycles. The van der Waals surface area contributed by atoms with Crippen molar-refractivity contribution in [1.82, 2.24) is 0 Å². The number of fused-ring (bicyclic) bond motifs is 3. The molecule has 23 heavy (non-hydrogen) atoms. The number of benzene rings is 2. The molecule has 2 aromatic carbocycles. The van der Waals surface area contributed by atoms with Crippen molar-refractivity contribution in [2.75, 3.05) is 0 Å². The molecule has 4 heteroatoms. The Morgan fingerprint density at radius 3 is 1.96 bits per heavy atom. The van der Waals surface area contributed by atoms with E-state index >= 15 is 0 Å². The molecule has 0 saturated carbocycles. The maximum Gasteiger partial charge on any atom is 0.116 e. The minimum absolute atomic E-state index is 0.0416. The first-order valence-corrected chi connectivity index (χ1v) is 9.38. The van der Waals surface area contributed by atoms with Crippen molar-refractivity contribution in [3.8, 4) is 22.6 Å². The Morgan fingerprint density at radius 2 is 1.39 bits per heavy atom. The first kappa shape index (κ1) is 16.5. The van der Waals surface area contributed by atoms with E-state index in [1.807, 2.05) is 12.1 Å². The third-order valence-electron chi connectivity index (χ3n) is 4.99. The van der Waals surface area contributed by atoms with Crippen molar-refractivity contribution in [2.45, 2.75) is 43.8 Å². The van der Waals surface area contributed by atoms with Crippen LogP contribution >= 0.6 is 21.7 Å². The third kappa shape index (κ3) is 2.81. The van der Waals surface area contributed by atoms with Crippen LogP contribution in [-0.2, 0) is 10.2 Å². The molecule has 0 radical (unpaired) electrons. The second-order valence-corrected chi connectivity index (χ2v) is 8.67. The van der Waals surface area contributed by atoms with E-state index in [0.717, 1.165) is 29.5 Å². The Morgan fingerprint density at radius 1 is 0.870 bits per heavy atom. The van der Waals surface area contributed by atoms with Gasteiger partial charge in [-0.1, -0.05) is 26.0 Å². The fraction of sp³-hybridized carbons (Fsp3) is 0.368. The van der Waals surface area contributed by atoms with Crippen molar-refractivity contribution >= 4 is 21.7 Å². The van der Waals surface area contributed by atoms with E-state index in [9.17, 15) is 10.2 Å². The highest BCUT2D eigenvalue weighted by Crippen LogP contribution is 2.52. The average Bonchev–Trinajstić information content (AvgIpc) is 2.51. The average molecular weight is 349 g/mol. The van der Waals surface area contributed by atoms with Gasteiger partial charge in [0.25, 0.3) is 0 Å². The first-order chi connectivity index (χ1) is 10.8. The zero-order valence-electron chi connectivity index (χ0n) is 13.6. The molecule has 0 fully saturated rings. The predicted octanol–water partition coefficient (Wildman–Crippen LogP) is 5.94. The lowest BCUT2D eigenvalue weighted by atomic mass is 9.71. The van der Waals surface area contributed by atoms with Gasteiger partial charge in [0.15, 0.2) is 0 Å². The number of hydrogen-bond donors (Lipinski definition) is 2. The first-order valence-electron chi connectivity index (χ1n) is 7.74. The summed E-state index contributed by atoms with van der Waals surface area (Å²) in [6, 6.07) is 11.0. The van der Waals surface area contributed by atoms with Gasteiger partial charge in [-0.15, -0.1) is 0 Å². The minimum atomic E-state index is -0.245.